The van der Waals surface area contributed by atoms with Gasteiger partial charge < -0.3 is 4.57 Å². The van der Waals surface area contributed by atoms with Gasteiger partial charge in [0, 0.05) is 34.6 Å². The minimum atomic E-state index is -0.444. The third-order valence-electron chi connectivity index (χ3n) is 4.64. The van der Waals surface area contributed by atoms with E-state index in [0.29, 0.717) is 21.8 Å². The second-order valence-corrected chi connectivity index (χ2v) is 6.97. The molecule has 0 atom stereocenters. The summed E-state index contributed by atoms with van der Waals surface area (Å²) in [7, 11) is 1.87. The molecular weight excluding hydrogens is 376 g/mol. The van der Waals surface area contributed by atoms with E-state index < -0.39 is 5.91 Å². The first kappa shape index (κ1) is 18.0. The monoisotopic (exact) mass is 392 g/mol. The van der Waals surface area contributed by atoms with E-state index in [4.69, 9.17) is 11.6 Å². The van der Waals surface area contributed by atoms with Crippen LogP contribution in [0.4, 0.5) is 0 Å². The molecule has 2 aromatic carbocycles. The summed E-state index contributed by atoms with van der Waals surface area (Å²) in [6.45, 7) is 1.75. The van der Waals surface area contributed by atoms with Crippen LogP contribution in [0.2, 0.25) is 5.02 Å². The number of benzene rings is 2. The number of nitrogens with zero attached hydrogens (tertiary/aromatic N) is 2. The maximum absolute atomic E-state index is 12.6. The van der Waals surface area contributed by atoms with Crippen LogP contribution in [-0.4, -0.2) is 21.4 Å². The van der Waals surface area contributed by atoms with Crippen LogP contribution in [0, 0.1) is 6.92 Å². The van der Waals surface area contributed by atoms with E-state index in [0.717, 1.165) is 21.8 Å². The number of rotatable bonds is 2. The Balaban J connectivity index is 1.56. The van der Waals surface area contributed by atoms with Crippen LogP contribution in [0.1, 0.15) is 26.4 Å². The third kappa shape index (κ3) is 3.18. The lowest BCUT2D eigenvalue weighted by Crippen LogP contribution is -2.41. The molecule has 2 heterocycles. The lowest BCUT2D eigenvalue weighted by molar-refractivity contribution is 0.0847. The van der Waals surface area contributed by atoms with E-state index in [1.165, 1.54) is 0 Å². The largest absolute Gasteiger partial charge is 0.350 e. The van der Waals surface area contributed by atoms with Gasteiger partial charge >= 0.3 is 0 Å². The van der Waals surface area contributed by atoms with Crippen molar-refractivity contribution in [3.63, 3.8) is 0 Å². The first-order valence-electron chi connectivity index (χ1n) is 8.65. The Morgan fingerprint density at radius 3 is 2.50 bits per heavy atom. The Bertz CT molecular complexity index is 1250. The summed E-state index contributed by atoms with van der Waals surface area (Å²) in [5.41, 5.74) is 8.05. The molecule has 0 saturated heterocycles. The van der Waals surface area contributed by atoms with Gasteiger partial charge in [0.1, 0.15) is 0 Å². The molecule has 28 heavy (non-hydrogen) atoms. The number of hydrazine groups is 1. The highest BCUT2D eigenvalue weighted by Gasteiger charge is 2.16. The van der Waals surface area contributed by atoms with Gasteiger partial charge in [-0.05, 0) is 37.3 Å². The summed E-state index contributed by atoms with van der Waals surface area (Å²) in [6, 6.07) is 14.6. The molecule has 6 nitrogen and oxygen atoms in total. The number of hydrogen-bond donors (Lipinski definition) is 2. The van der Waals surface area contributed by atoms with Crippen molar-refractivity contribution in [2.45, 2.75) is 6.92 Å². The molecule has 0 aliphatic heterocycles. The van der Waals surface area contributed by atoms with Crippen LogP contribution < -0.4 is 10.9 Å². The Morgan fingerprint density at radius 1 is 1.00 bits per heavy atom. The zero-order valence-electron chi connectivity index (χ0n) is 15.3. The fourth-order valence-corrected chi connectivity index (χ4v) is 3.42. The quantitative estimate of drug-likeness (QED) is 0.510. The lowest BCUT2D eigenvalue weighted by atomic mass is 10.1. The van der Waals surface area contributed by atoms with Crippen LogP contribution in [-0.2, 0) is 7.05 Å². The summed E-state index contributed by atoms with van der Waals surface area (Å²) in [5.74, 6) is -0.833. The molecule has 4 aromatic rings. The van der Waals surface area contributed by atoms with E-state index in [2.05, 4.69) is 15.8 Å². The van der Waals surface area contributed by atoms with Crippen molar-refractivity contribution in [1.82, 2.24) is 20.4 Å². The SMILES string of the molecule is Cc1nc2ccc(Cl)cc2cc1C(=O)NNC(=O)c1cn(C)c2ccccc12. The number of nitrogens with one attached hydrogen (secondary N) is 2. The zero-order valence-corrected chi connectivity index (χ0v) is 16.0. The smallest absolute Gasteiger partial charge is 0.271 e. The van der Waals surface area contributed by atoms with E-state index in [9.17, 15) is 9.59 Å². The summed E-state index contributed by atoms with van der Waals surface area (Å²) in [6.07, 6.45) is 1.73. The Morgan fingerprint density at radius 2 is 1.71 bits per heavy atom. The van der Waals surface area contributed by atoms with Gasteiger partial charge in [0.2, 0.25) is 0 Å². The molecule has 0 fully saturated rings. The number of hydrogen-bond acceptors (Lipinski definition) is 3. The fourth-order valence-electron chi connectivity index (χ4n) is 3.24. The van der Waals surface area contributed by atoms with Gasteiger partial charge in [-0.15, -0.1) is 0 Å². The molecule has 4 rings (SSSR count). The Kier molecular flexibility index (Phi) is 4.49. The average molecular weight is 393 g/mol. The van der Waals surface area contributed by atoms with E-state index in [-0.39, 0.29) is 5.91 Å². The molecule has 0 radical (unpaired) electrons. The van der Waals surface area contributed by atoms with Gasteiger partial charge in [0.25, 0.3) is 11.8 Å². The topological polar surface area (TPSA) is 76.0 Å². The molecule has 7 heteroatoms. The highest BCUT2D eigenvalue weighted by atomic mass is 35.5. The van der Waals surface area contributed by atoms with Crippen molar-refractivity contribution < 1.29 is 9.59 Å². The van der Waals surface area contributed by atoms with Crippen molar-refractivity contribution in [3.05, 3.63) is 76.6 Å². The molecular formula is C21H17ClN4O2. The third-order valence-corrected chi connectivity index (χ3v) is 4.88. The number of halogens is 1. The highest BCUT2D eigenvalue weighted by molar-refractivity contribution is 6.31. The number of para-hydroxylation sites is 1. The fraction of sp³-hybridized carbons (Fsp3) is 0.0952. The van der Waals surface area contributed by atoms with Gasteiger partial charge in [-0.2, -0.15) is 0 Å². The number of aryl methyl sites for hydroxylation is 2. The number of aromatic nitrogens is 2. The molecule has 0 saturated carbocycles. The maximum atomic E-state index is 12.6. The van der Waals surface area contributed by atoms with E-state index in [1.54, 1.807) is 37.4 Å². The normalized spacial score (nSPS) is 11.0. The highest BCUT2D eigenvalue weighted by Crippen LogP contribution is 2.21. The maximum Gasteiger partial charge on any atom is 0.271 e. The van der Waals surface area contributed by atoms with Gasteiger partial charge in [0.15, 0.2) is 0 Å². The summed E-state index contributed by atoms with van der Waals surface area (Å²) in [5, 5.41) is 2.13. The molecule has 0 bridgehead atoms. The predicted octanol–water partition coefficient (Wildman–Crippen LogP) is 3.76. The summed E-state index contributed by atoms with van der Waals surface area (Å²) >= 11 is 6.02. The first-order chi connectivity index (χ1) is 13.4. The van der Waals surface area contributed by atoms with Gasteiger partial charge in [-0.1, -0.05) is 29.8 Å². The molecule has 2 aromatic heterocycles. The molecule has 140 valence electrons. The van der Waals surface area contributed by atoms with Crippen LogP contribution in [0.5, 0.6) is 0 Å². The molecule has 0 aliphatic rings. The minimum absolute atomic E-state index is 0.369. The van der Waals surface area contributed by atoms with E-state index >= 15 is 0 Å². The lowest BCUT2D eigenvalue weighted by Gasteiger charge is -2.10. The number of carbonyl (C=O) groups excluding carboxylic acids is 2. The van der Waals surface area contributed by atoms with Crippen LogP contribution >= 0.6 is 11.6 Å². The average Bonchev–Trinajstić information content (AvgIpc) is 3.03. The molecule has 2 amide bonds. The number of fused-ring (bicyclic) bond motifs is 2. The Labute approximate surface area is 166 Å². The summed E-state index contributed by atoms with van der Waals surface area (Å²) < 4.78 is 1.87. The van der Waals surface area contributed by atoms with Gasteiger partial charge in [-0.3, -0.25) is 25.4 Å². The van der Waals surface area contributed by atoms with Crippen molar-refractivity contribution in [2.75, 3.05) is 0 Å². The number of amides is 2. The standard InChI is InChI=1S/C21H17ClN4O2/c1-12-16(10-13-9-14(22)7-8-18(13)23-12)20(27)24-25-21(28)17-11-26(2)19-6-4-3-5-15(17)19/h3-11H,1-2H3,(H,24,27)(H,25,28). The summed E-state index contributed by atoms with van der Waals surface area (Å²) in [4.78, 5) is 29.6. The zero-order chi connectivity index (χ0) is 19.8. The van der Waals surface area contributed by atoms with Gasteiger partial charge in [0.05, 0.1) is 22.3 Å². The molecule has 0 unspecified atom stereocenters. The molecule has 0 spiro atoms. The second kappa shape index (κ2) is 6.98. The second-order valence-electron chi connectivity index (χ2n) is 6.54. The number of carbonyl (C=O) groups is 2. The van der Waals surface area contributed by atoms with Crippen molar-refractivity contribution in [2.24, 2.45) is 7.05 Å². The van der Waals surface area contributed by atoms with E-state index in [1.807, 2.05) is 35.9 Å². The van der Waals surface area contributed by atoms with Crippen LogP contribution in [0.3, 0.4) is 0 Å². The first-order valence-corrected chi connectivity index (χ1v) is 9.03. The van der Waals surface area contributed by atoms with Gasteiger partial charge in [-0.25, -0.2) is 0 Å². The minimum Gasteiger partial charge on any atom is -0.350 e. The Hall–Kier alpha value is -3.38. The van der Waals surface area contributed by atoms with Crippen molar-refractivity contribution in [1.29, 1.82) is 0 Å². The molecule has 2 N–H and O–H groups in total. The van der Waals surface area contributed by atoms with Crippen molar-refractivity contribution in [3.8, 4) is 0 Å². The van der Waals surface area contributed by atoms with Crippen LogP contribution in [0.15, 0.2) is 54.7 Å². The van der Waals surface area contributed by atoms with Crippen LogP contribution in [0.25, 0.3) is 21.8 Å². The van der Waals surface area contributed by atoms with Crippen molar-refractivity contribution >= 4 is 45.2 Å². The number of pyridine rings is 1. The predicted molar refractivity (Wildman–Crippen MR) is 109 cm³/mol. The molecule has 0 aliphatic carbocycles.